The average Bonchev–Trinajstić information content (AvgIpc) is 3.29. The van der Waals surface area contributed by atoms with Gasteiger partial charge in [-0.25, -0.2) is 4.79 Å². The van der Waals surface area contributed by atoms with Crippen LogP contribution in [-0.2, 0) is 42.7 Å². The number of rotatable bonds is 9. The van der Waals surface area contributed by atoms with Gasteiger partial charge < -0.3 is 84.2 Å². The largest absolute Gasteiger partial charge is 0.467 e. The highest BCUT2D eigenvalue weighted by Gasteiger charge is 2.70. The molecule has 0 radical (unpaired) electrons. The number of hydrogen-bond donors (Lipinski definition) is 10. The van der Waals surface area contributed by atoms with Crippen LogP contribution in [0.2, 0.25) is 0 Å². The molecule has 0 aromatic carbocycles. The standard InChI is InChI=1S/C49H78O19/c1-44(2)15-17-49(43(61)68-40-35(58)31(54)29(52)24(20-50)63-40)18-16-47(6)22(23(49)19-44)9-10-27-46(5)13-12-28(45(3,4)26(46)11-14-48(27,47)7)65-42-38(33(56)30(53)25(21-51)64-42)67-41-36(59)32(55)34(57)37(66-41)39(60)62-8/h9,23-38,40-42,50-59H,10-21H2,1-8H3/t23-,24+,25-,26-,27-,28+,29+,30-,31-,32-,33+,34+,35+,36-,37+,38-,40-,41+,42+,46+,47-,48-,49+/m1/s1. The van der Waals surface area contributed by atoms with Crippen molar-refractivity contribution in [2.24, 2.45) is 50.2 Å². The van der Waals surface area contributed by atoms with Crippen LogP contribution in [0.1, 0.15) is 113 Å². The van der Waals surface area contributed by atoms with Gasteiger partial charge in [-0.05, 0) is 109 Å². The van der Waals surface area contributed by atoms with Crippen LogP contribution in [0.25, 0.3) is 0 Å². The van der Waals surface area contributed by atoms with Crippen LogP contribution in [0.15, 0.2) is 11.6 Å². The number of aliphatic hydroxyl groups excluding tert-OH is 10. The van der Waals surface area contributed by atoms with E-state index in [0.717, 1.165) is 52.1 Å². The Morgan fingerprint density at radius 3 is 1.90 bits per heavy atom. The molecule has 0 spiro atoms. The third-order valence-electron chi connectivity index (χ3n) is 19.5. The Hall–Kier alpha value is -1.92. The van der Waals surface area contributed by atoms with E-state index in [1.807, 2.05) is 0 Å². The van der Waals surface area contributed by atoms with Gasteiger partial charge in [0, 0.05) is 0 Å². The number of methoxy groups -OCH3 is 1. The zero-order chi connectivity index (χ0) is 49.8. The highest BCUT2D eigenvalue weighted by Crippen LogP contribution is 2.76. The zero-order valence-electron chi connectivity index (χ0n) is 40.7. The van der Waals surface area contributed by atoms with Crippen molar-refractivity contribution in [3.8, 4) is 0 Å². The second kappa shape index (κ2) is 18.5. The lowest BCUT2D eigenvalue weighted by atomic mass is 9.33. The fourth-order valence-electron chi connectivity index (χ4n) is 15.1. The number of hydrogen-bond acceptors (Lipinski definition) is 19. The summed E-state index contributed by atoms with van der Waals surface area (Å²) in [6.45, 7) is 14.7. The molecule has 0 amide bonds. The Kier molecular flexibility index (Phi) is 14.3. The van der Waals surface area contributed by atoms with Gasteiger partial charge in [-0.2, -0.15) is 0 Å². The Labute approximate surface area is 398 Å². The second-order valence-corrected chi connectivity index (χ2v) is 23.7. The monoisotopic (exact) mass is 971 g/mol. The first-order chi connectivity index (χ1) is 31.8. The van der Waals surface area contributed by atoms with E-state index in [0.29, 0.717) is 19.3 Å². The molecular weight excluding hydrogens is 893 g/mol. The molecule has 0 aromatic heterocycles. The minimum absolute atomic E-state index is 0.0731. The molecule has 68 heavy (non-hydrogen) atoms. The first-order valence-corrected chi connectivity index (χ1v) is 24.7. The summed E-state index contributed by atoms with van der Waals surface area (Å²) < 4.78 is 40.8. The van der Waals surface area contributed by atoms with E-state index in [4.69, 9.17) is 33.2 Å². The molecule has 10 N–H and O–H groups in total. The predicted molar refractivity (Wildman–Crippen MR) is 235 cm³/mol. The van der Waals surface area contributed by atoms with Crippen LogP contribution in [0, 0.1) is 50.2 Å². The smallest absolute Gasteiger partial charge is 0.337 e. The number of carbonyl (C=O) groups excluding carboxylic acids is 2. The molecule has 3 aliphatic heterocycles. The van der Waals surface area contributed by atoms with Gasteiger partial charge in [-0.1, -0.05) is 60.1 Å². The molecular formula is C49H78O19. The van der Waals surface area contributed by atoms with Crippen molar-refractivity contribution in [2.75, 3.05) is 20.3 Å². The molecule has 3 saturated heterocycles. The van der Waals surface area contributed by atoms with Crippen molar-refractivity contribution >= 4 is 11.9 Å². The van der Waals surface area contributed by atoms with Crippen molar-refractivity contribution in [3.05, 3.63) is 11.6 Å². The minimum Gasteiger partial charge on any atom is -0.467 e. The van der Waals surface area contributed by atoms with Crippen molar-refractivity contribution in [1.29, 1.82) is 0 Å². The lowest BCUT2D eigenvalue weighted by molar-refractivity contribution is -0.375. The summed E-state index contributed by atoms with van der Waals surface area (Å²) in [5, 5.41) is 106. The Bertz CT molecular complexity index is 1890. The number of aliphatic hydroxyl groups is 10. The van der Waals surface area contributed by atoms with Gasteiger partial charge >= 0.3 is 11.9 Å². The van der Waals surface area contributed by atoms with Gasteiger partial charge in [0.1, 0.15) is 67.1 Å². The molecule has 8 aliphatic rings. The third kappa shape index (κ3) is 8.13. The molecule has 3 heterocycles. The summed E-state index contributed by atoms with van der Waals surface area (Å²) in [6.07, 6.45) is -15.4. The van der Waals surface area contributed by atoms with Crippen LogP contribution in [0.3, 0.4) is 0 Å². The molecule has 4 saturated carbocycles. The van der Waals surface area contributed by atoms with E-state index in [1.54, 1.807) is 0 Å². The molecule has 388 valence electrons. The van der Waals surface area contributed by atoms with E-state index >= 15 is 0 Å². The van der Waals surface area contributed by atoms with E-state index < -0.39 is 134 Å². The quantitative estimate of drug-likeness (QED) is 0.0846. The van der Waals surface area contributed by atoms with Crippen molar-refractivity contribution in [2.45, 2.75) is 211 Å². The zero-order valence-corrected chi connectivity index (χ0v) is 40.7. The van der Waals surface area contributed by atoms with Gasteiger partial charge in [-0.3, -0.25) is 4.79 Å². The van der Waals surface area contributed by atoms with Gasteiger partial charge in [0.05, 0.1) is 31.8 Å². The van der Waals surface area contributed by atoms with Crippen LogP contribution in [0.5, 0.6) is 0 Å². The van der Waals surface area contributed by atoms with E-state index in [1.165, 1.54) is 5.57 Å². The molecule has 0 unspecified atom stereocenters. The minimum atomic E-state index is -1.90. The highest BCUT2D eigenvalue weighted by atomic mass is 16.8. The Morgan fingerprint density at radius 1 is 0.647 bits per heavy atom. The number of esters is 2. The number of fused-ring (bicyclic) bond motifs is 7. The molecule has 7 fully saturated rings. The average molecular weight is 971 g/mol. The number of allylic oxidation sites excluding steroid dienone is 2. The molecule has 0 aromatic rings. The molecule has 5 aliphatic carbocycles. The van der Waals surface area contributed by atoms with Gasteiger partial charge in [0.25, 0.3) is 0 Å². The molecule has 23 atom stereocenters. The molecule has 0 bridgehead atoms. The normalized spacial score (nSPS) is 52.0. The van der Waals surface area contributed by atoms with Gasteiger partial charge in [0.2, 0.25) is 6.29 Å². The molecule has 19 heteroatoms. The van der Waals surface area contributed by atoms with E-state index in [2.05, 4.69) is 54.5 Å². The van der Waals surface area contributed by atoms with E-state index in [-0.39, 0.29) is 39.4 Å². The number of ether oxygens (including phenoxy) is 7. The topological polar surface area (TPSA) is 301 Å². The van der Waals surface area contributed by atoms with E-state index in [9.17, 15) is 60.7 Å². The van der Waals surface area contributed by atoms with Crippen LogP contribution >= 0.6 is 0 Å². The van der Waals surface area contributed by atoms with Crippen LogP contribution < -0.4 is 0 Å². The fourth-order valence-corrected chi connectivity index (χ4v) is 15.1. The van der Waals surface area contributed by atoms with Gasteiger partial charge in [0.15, 0.2) is 18.7 Å². The van der Waals surface area contributed by atoms with Crippen LogP contribution in [0.4, 0.5) is 0 Å². The van der Waals surface area contributed by atoms with Crippen molar-refractivity contribution in [1.82, 2.24) is 0 Å². The maximum absolute atomic E-state index is 14.7. The maximum Gasteiger partial charge on any atom is 0.337 e. The lowest BCUT2D eigenvalue weighted by Crippen LogP contribution is -2.67. The summed E-state index contributed by atoms with van der Waals surface area (Å²) in [5.41, 5.74) is -0.872. The first-order valence-electron chi connectivity index (χ1n) is 24.7. The summed E-state index contributed by atoms with van der Waals surface area (Å²) in [7, 11) is 1.06. The first kappa shape index (κ1) is 52.4. The predicted octanol–water partition coefficient (Wildman–Crippen LogP) is 0.321. The highest BCUT2D eigenvalue weighted by molar-refractivity contribution is 5.79. The SMILES string of the molecule is COC(=O)[C@H]1O[C@@H](O[C@H]2[C@H](O[C@H]3CC[C@@]4(C)[C@H](CC[C@]5(C)[C@@H]4CC=C4[C@H]6CC(C)(C)CC[C@]6(C(=O)O[C@H]6O[C@@H](CO)[C@H](O)[C@@H](O)[C@@H]6O)CC[C@]45C)C3(C)C)O[C@H](CO)[C@@H](O)[C@@H]2O)[C@H](O)[C@H](O)[C@@H]1O. The summed E-state index contributed by atoms with van der Waals surface area (Å²) in [5.74, 6) is -1.33. The Morgan fingerprint density at radius 2 is 1.25 bits per heavy atom. The second-order valence-electron chi connectivity index (χ2n) is 23.7. The number of carbonyl (C=O) groups is 2. The summed E-state index contributed by atoms with van der Waals surface area (Å²) in [4.78, 5) is 27.1. The van der Waals surface area contributed by atoms with Crippen molar-refractivity contribution in [3.63, 3.8) is 0 Å². The fraction of sp³-hybridized carbons (Fsp3) is 0.918. The third-order valence-corrected chi connectivity index (χ3v) is 19.5. The van der Waals surface area contributed by atoms with Crippen LogP contribution in [-0.4, -0.2) is 182 Å². The Balaban J connectivity index is 1.04. The molecule has 19 nitrogen and oxygen atoms in total. The molecule has 8 rings (SSSR count). The lowest BCUT2D eigenvalue weighted by Gasteiger charge is -2.71. The maximum atomic E-state index is 14.7. The summed E-state index contributed by atoms with van der Waals surface area (Å²) >= 11 is 0. The summed E-state index contributed by atoms with van der Waals surface area (Å²) in [6, 6.07) is 0. The van der Waals surface area contributed by atoms with Gasteiger partial charge in [-0.15, -0.1) is 0 Å². The van der Waals surface area contributed by atoms with Crippen molar-refractivity contribution < 1.29 is 93.8 Å².